The molecule has 37 heavy (non-hydrogen) atoms. The van der Waals surface area contributed by atoms with E-state index in [-0.39, 0.29) is 28.9 Å². The van der Waals surface area contributed by atoms with E-state index in [1.54, 1.807) is 12.1 Å². The number of fused-ring (bicyclic) bond motifs is 1. The fraction of sp³-hybridized carbons (Fsp3) is 0.333. The third kappa shape index (κ3) is 5.42. The maximum atomic E-state index is 14.9. The number of aromatic nitrogens is 3. The van der Waals surface area contributed by atoms with Gasteiger partial charge in [-0.25, -0.2) is 9.37 Å². The van der Waals surface area contributed by atoms with Crippen molar-refractivity contribution in [1.29, 1.82) is 0 Å². The van der Waals surface area contributed by atoms with Crippen LogP contribution in [0.15, 0.2) is 52.4 Å². The van der Waals surface area contributed by atoms with E-state index in [0.29, 0.717) is 25.1 Å². The standard InChI is InChI=1S/C27H27FN4O2S3/c1-16-8-11-19(12-9-16)31-25(34)23-24(32(27(35)37-23)21-14-17(2)10-13-20(21)28)30-26(31)36-15-22(33)29-18-6-4-3-5-7-18/h8-14,18H,3-7,15H2,1-2H3,(H,29,33). The van der Waals surface area contributed by atoms with Crippen molar-refractivity contribution >= 4 is 51.6 Å². The molecule has 0 atom stereocenters. The van der Waals surface area contributed by atoms with Crippen LogP contribution in [0.1, 0.15) is 43.2 Å². The van der Waals surface area contributed by atoms with Gasteiger partial charge in [-0.2, -0.15) is 0 Å². The number of thiazole rings is 1. The van der Waals surface area contributed by atoms with Crippen molar-refractivity contribution in [3.63, 3.8) is 0 Å². The minimum absolute atomic E-state index is 0.0893. The van der Waals surface area contributed by atoms with Gasteiger partial charge in [-0.05, 0) is 68.7 Å². The van der Waals surface area contributed by atoms with E-state index in [4.69, 9.17) is 17.2 Å². The Labute approximate surface area is 227 Å². The first-order valence-corrected chi connectivity index (χ1v) is 14.5. The zero-order valence-corrected chi connectivity index (χ0v) is 23.1. The van der Waals surface area contributed by atoms with Crippen LogP contribution in [0.3, 0.4) is 0 Å². The zero-order valence-electron chi connectivity index (χ0n) is 20.6. The summed E-state index contributed by atoms with van der Waals surface area (Å²) in [5.41, 5.74) is 2.81. The number of thioether (sulfide) groups is 1. The highest BCUT2D eigenvalue weighted by molar-refractivity contribution is 7.99. The Balaban J connectivity index is 1.60. The normalized spacial score (nSPS) is 14.2. The van der Waals surface area contributed by atoms with Gasteiger partial charge in [-0.3, -0.25) is 18.7 Å². The number of rotatable bonds is 6. The topological polar surface area (TPSA) is 68.9 Å². The van der Waals surface area contributed by atoms with Crippen molar-refractivity contribution in [2.45, 2.75) is 57.1 Å². The van der Waals surface area contributed by atoms with Gasteiger partial charge in [0.15, 0.2) is 14.8 Å². The molecule has 2 aromatic carbocycles. The Morgan fingerprint density at radius 1 is 1.11 bits per heavy atom. The molecule has 5 rings (SSSR count). The number of carbonyl (C=O) groups excluding carboxylic acids is 1. The highest BCUT2D eigenvalue weighted by Crippen LogP contribution is 2.29. The molecule has 1 fully saturated rings. The number of aryl methyl sites for hydroxylation is 2. The molecule has 4 aromatic rings. The molecule has 2 aromatic heterocycles. The third-order valence-electron chi connectivity index (χ3n) is 6.51. The molecular weight excluding hydrogens is 528 g/mol. The molecule has 10 heteroatoms. The summed E-state index contributed by atoms with van der Waals surface area (Å²) in [5, 5.41) is 3.47. The summed E-state index contributed by atoms with van der Waals surface area (Å²) in [6, 6.07) is 12.5. The minimum Gasteiger partial charge on any atom is -0.353 e. The molecule has 0 radical (unpaired) electrons. The van der Waals surface area contributed by atoms with Crippen molar-refractivity contribution in [2.24, 2.45) is 0 Å². The first-order chi connectivity index (χ1) is 17.8. The van der Waals surface area contributed by atoms with Crippen LogP contribution in [0.25, 0.3) is 21.7 Å². The molecular formula is C27H27FN4O2S3. The molecule has 0 unspecified atom stereocenters. The number of benzene rings is 2. The second-order valence-corrected chi connectivity index (χ2v) is 12.0. The summed E-state index contributed by atoms with van der Waals surface area (Å²) in [5.74, 6) is -0.426. The van der Waals surface area contributed by atoms with Crippen LogP contribution in [-0.4, -0.2) is 31.8 Å². The molecule has 6 nitrogen and oxygen atoms in total. The highest BCUT2D eigenvalue weighted by atomic mass is 32.2. The van der Waals surface area contributed by atoms with Gasteiger partial charge in [-0.15, -0.1) is 0 Å². The summed E-state index contributed by atoms with van der Waals surface area (Å²) in [6.07, 6.45) is 5.45. The van der Waals surface area contributed by atoms with Gasteiger partial charge in [0.05, 0.1) is 17.1 Å². The highest BCUT2D eigenvalue weighted by Gasteiger charge is 2.22. The molecule has 2 heterocycles. The lowest BCUT2D eigenvalue weighted by atomic mass is 9.95. The van der Waals surface area contributed by atoms with Crippen molar-refractivity contribution in [1.82, 2.24) is 19.4 Å². The van der Waals surface area contributed by atoms with E-state index in [1.165, 1.54) is 33.4 Å². The van der Waals surface area contributed by atoms with E-state index in [2.05, 4.69) is 5.32 Å². The molecule has 1 amide bonds. The molecule has 1 aliphatic carbocycles. The number of hydrogen-bond acceptors (Lipinski definition) is 6. The van der Waals surface area contributed by atoms with Crippen molar-refractivity contribution in [2.75, 3.05) is 5.75 Å². The fourth-order valence-electron chi connectivity index (χ4n) is 4.61. The van der Waals surface area contributed by atoms with E-state index >= 15 is 0 Å². The maximum absolute atomic E-state index is 14.9. The summed E-state index contributed by atoms with van der Waals surface area (Å²) >= 11 is 7.88. The first kappa shape index (κ1) is 25.8. The Morgan fingerprint density at radius 3 is 2.54 bits per heavy atom. The van der Waals surface area contributed by atoms with Gasteiger partial charge in [0.2, 0.25) is 5.91 Å². The van der Waals surface area contributed by atoms with Crippen LogP contribution in [-0.2, 0) is 4.79 Å². The molecule has 0 bridgehead atoms. The number of amides is 1. The zero-order chi connectivity index (χ0) is 26.1. The van der Waals surface area contributed by atoms with Gasteiger partial charge >= 0.3 is 0 Å². The van der Waals surface area contributed by atoms with Gasteiger partial charge in [0.1, 0.15) is 10.5 Å². The average Bonchev–Trinajstić information content (AvgIpc) is 3.21. The van der Waals surface area contributed by atoms with Gasteiger partial charge < -0.3 is 5.32 Å². The summed E-state index contributed by atoms with van der Waals surface area (Å²) < 4.78 is 18.6. The monoisotopic (exact) mass is 554 g/mol. The summed E-state index contributed by atoms with van der Waals surface area (Å²) in [6.45, 7) is 3.84. The molecule has 0 aliphatic heterocycles. The number of halogens is 1. The van der Waals surface area contributed by atoms with Crippen molar-refractivity contribution in [3.05, 3.63) is 73.7 Å². The van der Waals surface area contributed by atoms with Crippen LogP contribution >= 0.6 is 35.3 Å². The smallest absolute Gasteiger partial charge is 0.278 e. The lowest BCUT2D eigenvalue weighted by Gasteiger charge is -2.22. The predicted molar refractivity (Wildman–Crippen MR) is 151 cm³/mol. The minimum atomic E-state index is -0.452. The number of nitrogens with one attached hydrogen (secondary N) is 1. The van der Waals surface area contributed by atoms with Crippen LogP contribution in [0.5, 0.6) is 0 Å². The second-order valence-electron chi connectivity index (χ2n) is 9.37. The third-order valence-corrected chi connectivity index (χ3v) is 8.80. The SMILES string of the molecule is Cc1ccc(-n2c(SCC(=O)NC3CCCCC3)nc3c(sc(=S)n3-c3cc(C)ccc3F)c2=O)cc1. The maximum Gasteiger partial charge on any atom is 0.278 e. The van der Waals surface area contributed by atoms with Gasteiger partial charge in [0, 0.05) is 6.04 Å². The molecule has 1 saturated carbocycles. The van der Waals surface area contributed by atoms with Gasteiger partial charge in [-0.1, -0.05) is 66.1 Å². The Bertz CT molecular complexity index is 1580. The molecule has 1 N–H and O–H groups in total. The van der Waals surface area contributed by atoms with Crippen molar-refractivity contribution in [3.8, 4) is 11.4 Å². The van der Waals surface area contributed by atoms with Gasteiger partial charge in [0.25, 0.3) is 5.56 Å². The lowest BCUT2D eigenvalue weighted by Crippen LogP contribution is -2.37. The lowest BCUT2D eigenvalue weighted by molar-refractivity contribution is -0.119. The first-order valence-electron chi connectivity index (χ1n) is 12.3. The average molecular weight is 555 g/mol. The Hall–Kier alpha value is -2.82. The Kier molecular flexibility index (Phi) is 7.60. The number of carbonyl (C=O) groups is 1. The number of nitrogens with zero attached hydrogens (tertiary/aromatic N) is 3. The molecule has 0 saturated heterocycles. The molecule has 0 spiro atoms. The quantitative estimate of drug-likeness (QED) is 0.173. The van der Waals surface area contributed by atoms with E-state index in [0.717, 1.165) is 48.1 Å². The largest absolute Gasteiger partial charge is 0.353 e. The van der Waals surface area contributed by atoms with Crippen LogP contribution in [0, 0.1) is 23.6 Å². The van der Waals surface area contributed by atoms with Crippen LogP contribution < -0.4 is 10.9 Å². The van der Waals surface area contributed by atoms with Crippen LogP contribution in [0.2, 0.25) is 0 Å². The molecule has 1 aliphatic rings. The van der Waals surface area contributed by atoms with E-state index < -0.39 is 5.82 Å². The summed E-state index contributed by atoms with van der Waals surface area (Å²) in [4.78, 5) is 31.4. The number of hydrogen-bond donors (Lipinski definition) is 1. The Morgan fingerprint density at radius 2 is 1.81 bits per heavy atom. The fourth-order valence-corrected chi connectivity index (χ4v) is 6.71. The van der Waals surface area contributed by atoms with Crippen molar-refractivity contribution < 1.29 is 9.18 Å². The second kappa shape index (κ2) is 10.9. The van der Waals surface area contributed by atoms with E-state index in [9.17, 15) is 14.0 Å². The molecule has 192 valence electrons. The predicted octanol–water partition coefficient (Wildman–Crippen LogP) is 6.26. The van der Waals surface area contributed by atoms with E-state index in [1.807, 2.05) is 38.1 Å². The summed E-state index contributed by atoms with van der Waals surface area (Å²) in [7, 11) is 0. The van der Waals surface area contributed by atoms with Crippen LogP contribution in [0.4, 0.5) is 4.39 Å².